The van der Waals surface area contributed by atoms with E-state index >= 15 is 0 Å². The SMILES string of the molecule is CC(C)CN1CCNCC(O)C1. The summed E-state index contributed by atoms with van der Waals surface area (Å²) in [5.74, 6) is 0.690. The number of nitrogens with zero attached hydrogens (tertiary/aromatic N) is 1. The van der Waals surface area contributed by atoms with Crippen molar-refractivity contribution in [1.29, 1.82) is 0 Å². The summed E-state index contributed by atoms with van der Waals surface area (Å²) in [4.78, 5) is 2.33. The van der Waals surface area contributed by atoms with Crippen molar-refractivity contribution in [3.63, 3.8) is 0 Å². The van der Waals surface area contributed by atoms with Crippen molar-refractivity contribution in [3.05, 3.63) is 0 Å². The van der Waals surface area contributed by atoms with Crippen LogP contribution in [-0.2, 0) is 0 Å². The first-order valence-electron chi connectivity index (χ1n) is 4.79. The third kappa shape index (κ3) is 3.52. The summed E-state index contributed by atoms with van der Waals surface area (Å²) in [5.41, 5.74) is 0. The van der Waals surface area contributed by atoms with Crippen LogP contribution in [0.1, 0.15) is 13.8 Å². The number of aliphatic hydroxyl groups is 1. The molecule has 1 saturated heterocycles. The van der Waals surface area contributed by atoms with Gasteiger partial charge in [-0.1, -0.05) is 13.8 Å². The lowest BCUT2D eigenvalue weighted by Crippen LogP contribution is -2.35. The third-order valence-electron chi connectivity index (χ3n) is 2.08. The number of rotatable bonds is 2. The highest BCUT2D eigenvalue weighted by Crippen LogP contribution is 2.01. The van der Waals surface area contributed by atoms with Gasteiger partial charge in [-0.05, 0) is 5.92 Å². The Kier molecular flexibility index (Phi) is 3.98. The van der Waals surface area contributed by atoms with Gasteiger partial charge in [-0.25, -0.2) is 0 Å². The number of aliphatic hydroxyl groups excluding tert-OH is 1. The predicted octanol–water partition coefficient (Wildman–Crippen LogP) is -0.0915. The first-order chi connectivity index (χ1) is 5.68. The highest BCUT2D eigenvalue weighted by atomic mass is 16.3. The van der Waals surface area contributed by atoms with E-state index in [4.69, 9.17) is 0 Å². The van der Waals surface area contributed by atoms with Crippen LogP contribution in [0, 0.1) is 5.92 Å². The van der Waals surface area contributed by atoms with Gasteiger partial charge < -0.3 is 10.4 Å². The minimum Gasteiger partial charge on any atom is -0.390 e. The number of β-amino-alcohol motifs (C(OH)–C–C–N with tert-alkyl or cyclic N) is 1. The zero-order chi connectivity index (χ0) is 8.97. The summed E-state index contributed by atoms with van der Waals surface area (Å²) < 4.78 is 0. The maximum atomic E-state index is 9.47. The second-order valence-electron chi connectivity index (χ2n) is 4.01. The Balaban J connectivity index is 2.31. The number of nitrogens with one attached hydrogen (secondary N) is 1. The van der Waals surface area contributed by atoms with Crippen LogP contribution in [-0.4, -0.2) is 48.8 Å². The Hall–Kier alpha value is -0.120. The smallest absolute Gasteiger partial charge is 0.0791 e. The summed E-state index contributed by atoms with van der Waals surface area (Å²) in [6.07, 6.45) is -0.189. The molecule has 0 aromatic rings. The van der Waals surface area contributed by atoms with Crippen LogP contribution in [0.25, 0.3) is 0 Å². The highest BCUT2D eigenvalue weighted by Gasteiger charge is 2.15. The average molecular weight is 172 g/mol. The summed E-state index contributed by atoms with van der Waals surface area (Å²) >= 11 is 0. The molecule has 0 radical (unpaired) electrons. The van der Waals surface area contributed by atoms with Gasteiger partial charge in [0.15, 0.2) is 0 Å². The van der Waals surface area contributed by atoms with E-state index in [2.05, 4.69) is 24.1 Å². The highest BCUT2D eigenvalue weighted by molar-refractivity contribution is 4.73. The van der Waals surface area contributed by atoms with Crippen molar-refractivity contribution < 1.29 is 5.11 Å². The summed E-state index contributed by atoms with van der Waals surface area (Å²) in [6, 6.07) is 0. The fourth-order valence-corrected chi connectivity index (χ4v) is 1.64. The van der Waals surface area contributed by atoms with E-state index in [0.717, 1.165) is 32.7 Å². The van der Waals surface area contributed by atoms with Gasteiger partial charge in [0.25, 0.3) is 0 Å². The minimum atomic E-state index is -0.189. The summed E-state index contributed by atoms with van der Waals surface area (Å²) in [6.45, 7) is 9.16. The van der Waals surface area contributed by atoms with E-state index in [1.807, 2.05) is 0 Å². The molecular weight excluding hydrogens is 152 g/mol. The zero-order valence-electron chi connectivity index (χ0n) is 8.08. The van der Waals surface area contributed by atoms with Crippen LogP contribution in [0.5, 0.6) is 0 Å². The number of hydrogen-bond donors (Lipinski definition) is 2. The fourth-order valence-electron chi connectivity index (χ4n) is 1.64. The first-order valence-corrected chi connectivity index (χ1v) is 4.79. The van der Waals surface area contributed by atoms with E-state index in [1.54, 1.807) is 0 Å². The van der Waals surface area contributed by atoms with Gasteiger partial charge in [-0.3, -0.25) is 4.90 Å². The monoisotopic (exact) mass is 172 g/mol. The van der Waals surface area contributed by atoms with Crippen LogP contribution in [0.4, 0.5) is 0 Å². The van der Waals surface area contributed by atoms with Crippen LogP contribution in [0.3, 0.4) is 0 Å². The van der Waals surface area contributed by atoms with Crippen molar-refractivity contribution in [2.75, 3.05) is 32.7 Å². The molecular formula is C9H20N2O. The van der Waals surface area contributed by atoms with Crippen molar-refractivity contribution in [3.8, 4) is 0 Å². The Morgan fingerprint density at radius 1 is 1.58 bits per heavy atom. The molecule has 0 bridgehead atoms. The lowest BCUT2D eigenvalue weighted by molar-refractivity contribution is 0.124. The van der Waals surface area contributed by atoms with Gasteiger partial charge in [-0.15, -0.1) is 0 Å². The molecule has 0 aliphatic carbocycles. The molecule has 1 atom stereocenters. The van der Waals surface area contributed by atoms with Gasteiger partial charge in [0, 0.05) is 32.7 Å². The van der Waals surface area contributed by atoms with Gasteiger partial charge in [-0.2, -0.15) is 0 Å². The van der Waals surface area contributed by atoms with Gasteiger partial charge in [0.1, 0.15) is 0 Å². The maximum absolute atomic E-state index is 9.47. The molecule has 0 aromatic heterocycles. The van der Waals surface area contributed by atoms with Crippen molar-refractivity contribution >= 4 is 0 Å². The molecule has 1 aliphatic rings. The molecule has 1 rings (SSSR count). The average Bonchev–Trinajstić information content (AvgIpc) is 2.12. The van der Waals surface area contributed by atoms with Crippen molar-refractivity contribution in [2.45, 2.75) is 20.0 Å². The van der Waals surface area contributed by atoms with Crippen molar-refractivity contribution in [2.24, 2.45) is 5.92 Å². The van der Waals surface area contributed by atoms with E-state index in [1.165, 1.54) is 0 Å². The van der Waals surface area contributed by atoms with E-state index in [0.29, 0.717) is 5.92 Å². The Labute approximate surface area is 74.8 Å². The molecule has 0 amide bonds. The molecule has 0 saturated carbocycles. The predicted molar refractivity (Wildman–Crippen MR) is 50.2 cm³/mol. The third-order valence-corrected chi connectivity index (χ3v) is 2.08. The lowest BCUT2D eigenvalue weighted by atomic mass is 10.2. The Morgan fingerprint density at radius 3 is 3.00 bits per heavy atom. The summed E-state index contributed by atoms with van der Waals surface area (Å²) in [7, 11) is 0. The minimum absolute atomic E-state index is 0.189. The largest absolute Gasteiger partial charge is 0.390 e. The normalized spacial score (nSPS) is 27.5. The molecule has 0 spiro atoms. The lowest BCUT2D eigenvalue weighted by Gasteiger charge is -2.22. The van der Waals surface area contributed by atoms with Gasteiger partial charge in [0.05, 0.1) is 6.10 Å². The van der Waals surface area contributed by atoms with Gasteiger partial charge in [0.2, 0.25) is 0 Å². The molecule has 1 heterocycles. The van der Waals surface area contributed by atoms with E-state index in [9.17, 15) is 5.11 Å². The van der Waals surface area contributed by atoms with Crippen LogP contribution >= 0.6 is 0 Å². The van der Waals surface area contributed by atoms with Crippen LogP contribution < -0.4 is 5.32 Å². The first kappa shape index (κ1) is 9.96. The van der Waals surface area contributed by atoms with Crippen LogP contribution in [0.2, 0.25) is 0 Å². The topological polar surface area (TPSA) is 35.5 Å². The molecule has 0 aromatic carbocycles. The van der Waals surface area contributed by atoms with Crippen LogP contribution in [0.15, 0.2) is 0 Å². The zero-order valence-corrected chi connectivity index (χ0v) is 8.08. The second-order valence-corrected chi connectivity index (χ2v) is 4.01. The Bertz CT molecular complexity index is 128. The summed E-state index contributed by atoms with van der Waals surface area (Å²) in [5, 5.41) is 12.7. The molecule has 3 nitrogen and oxygen atoms in total. The molecule has 1 fully saturated rings. The molecule has 12 heavy (non-hydrogen) atoms. The maximum Gasteiger partial charge on any atom is 0.0791 e. The molecule has 2 N–H and O–H groups in total. The molecule has 1 unspecified atom stereocenters. The molecule has 1 aliphatic heterocycles. The van der Waals surface area contributed by atoms with Crippen molar-refractivity contribution in [1.82, 2.24) is 10.2 Å². The Morgan fingerprint density at radius 2 is 2.33 bits per heavy atom. The fraction of sp³-hybridized carbons (Fsp3) is 1.00. The standard InChI is InChI=1S/C9H20N2O/c1-8(2)6-11-4-3-10-5-9(12)7-11/h8-10,12H,3-7H2,1-2H3. The molecule has 72 valence electrons. The van der Waals surface area contributed by atoms with E-state index < -0.39 is 0 Å². The molecule has 3 heteroatoms. The van der Waals surface area contributed by atoms with Gasteiger partial charge >= 0.3 is 0 Å². The second kappa shape index (κ2) is 4.80. The van der Waals surface area contributed by atoms with E-state index in [-0.39, 0.29) is 6.10 Å². The quantitative estimate of drug-likeness (QED) is 0.611. The number of hydrogen-bond acceptors (Lipinski definition) is 3.